The lowest BCUT2D eigenvalue weighted by atomic mass is 10.0. The highest BCUT2D eigenvalue weighted by molar-refractivity contribution is 5.82. The van der Waals surface area contributed by atoms with E-state index in [1.165, 1.54) is 6.92 Å². The second kappa shape index (κ2) is 4.22. The maximum absolute atomic E-state index is 12.8. The molecular formula is C11H6F6N2O. The monoisotopic (exact) mass is 296 g/mol. The molecule has 2 aromatic rings. The number of aromatic amines is 1. The number of nitrogens with zero attached hydrogens (tertiary/aromatic N) is 1. The van der Waals surface area contributed by atoms with Crippen molar-refractivity contribution in [1.29, 1.82) is 0 Å². The molecule has 0 unspecified atom stereocenters. The van der Waals surface area contributed by atoms with Crippen LogP contribution in [0.3, 0.4) is 0 Å². The number of halogens is 6. The Labute approximate surface area is 107 Å². The molecule has 2 rings (SSSR count). The fourth-order valence-electron chi connectivity index (χ4n) is 1.78. The summed E-state index contributed by atoms with van der Waals surface area (Å²) in [5, 5.41) is -0.906. The normalized spacial score (nSPS) is 12.9. The lowest BCUT2D eigenvalue weighted by Gasteiger charge is -2.14. The van der Waals surface area contributed by atoms with Crippen LogP contribution in [0.5, 0.6) is 0 Å². The minimum absolute atomic E-state index is 0.0741. The summed E-state index contributed by atoms with van der Waals surface area (Å²) in [5.74, 6) is -0.0741. The number of aryl methyl sites for hydroxylation is 1. The van der Waals surface area contributed by atoms with Gasteiger partial charge in [-0.1, -0.05) is 0 Å². The highest BCUT2D eigenvalue weighted by Gasteiger charge is 2.39. The molecule has 0 spiro atoms. The summed E-state index contributed by atoms with van der Waals surface area (Å²) >= 11 is 0. The fourth-order valence-corrected chi connectivity index (χ4v) is 1.78. The predicted octanol–water partition coefficient (Wildman–Crippen LogP) is 3.27. The van der Waals surface area contributed by atoms with Gasteiger partial charge in [0.2, 0.25) is 0 Å². The number of nitrogens with one attached hydrogen (secondary N) is 1. The van der Waals surface area contributed by atoms with E-state index in [4.69, 9.17) is 0 Å². The van der Waals surface area contributed by atoms with Gasteiger partial charge >= 0.3 is 12.4 Å². The van der Waals surface area contributed by atoms with E-state index in [0.29, 0.717) is 6.07 Å². The Kier molecular flexibility index (Phi) is 3.03. The molecule has 0 aliphatic rings. The first-order valence-corrected chi connectivity index (χ1v) is 5.19. The smallest absolute Gasteiger partial charge is 0.310 e. The molecule has 0 bridgehead atoms. The van der Waals surface area contributed by atoms with Gasteiger partial charge in [0.25, 0.3) is 5.56 Å². The van der Waals surface area contributed by atoms with Crippen molar-refractivity contribution in [2.24, 2.45) is 0 Å². The van der Waals surface area contributed by atoms with Crippen LogP contribution < -0.4 is 5.56 Å². The van der Waals surface area contributed by atoms with Crippen LogP contribution >= 0.6 is 0 Å². The van der Waals surface area contributed by atoms with Crippen LogP contribution in [0.15, 0.2) is 16.9 Å². The minimum Gasteiger partial charge on any atom is -0.310 e. The number of aromatic nitrogens is 2. The van der Waals surface area contributed by atoms with Crippen LogP contribution in [-0.2, 0) is 12.4 Å². The number of fused-ring (bicyclic) bond motifs is 1. The number of benzene rings is 1. The second-order valence-electron chi connectivity index (χ2n) is 4.06. The summed E-state index contributed by atoms with van der Waals surface area (Å²) in [7, 11) is 0. The molecule has 20 heavy (non-hydrogen) atoms. The van der Waals surface area contributed by atoms with E-state index in [2.05, 4.69) is 4.98 Å². The van der Waals surface area contributed by atoms with Crippen LogP contribution in [0.25, 0.3) is 10.9 Å². The molecule has 1 aromatic heterocycles. The molecule has 1 N–H and O–H groups in total. The Morgan fingerprint density at radius 3 is 2.15 bits per heavy atom. The van der Waals surface area contributed by atoms with Crippen LogP contribution in [0.1, 0.15) is 17.0 Å². The van der Waals surface area contributed by atoms with E-state index in [-0.39, 0.29) is 11.9 Å². The number of hydrogen-bond donors (Lipinski definition) is 1. The lowest BCUT2D eigenvalue weighted by molar-refractivity contribution is -0.142. The van der Waals surface area contributed by atoms with Gasteiger partial charge in [0.1, 0.15) is 5.82 Å². The van der Waals surface area contributed by atoms with Crippen molar-refractivity contribution in [3.63, 3.8) is 0 Å². The van der Waals surface area contributed by atoms with E-state index in [9.17, 15) is 31.1 Å². The van der Waals surface area contributed by atoms with Crippen molar-refractivity contribution in [1.82, 2.24) is 9.97 Å². The number of H-pyrrole nitrogens is 1. The maximum atomic E-state index is 12.8. The van der Waals surface area contributed by atoms with Crippen molar-refractivity contribution in [2.45, 2.75) is 19.3 Å². The van der Waals surface area contributed by atoms with Gasteiger partial charge < -0.3 is 4.98 Å². The molecular weight excluding hydrogens is 290 g/mol. The van der Waals surface area contributed by atoms with E-state index in [1.54, 1.807) is 0 Å². The first-order valence-electron chi connectivity index (χ1n) is 5.19. The molecule has 0 atom stereocenters. The highest BCUT2D eigenvalue weighted by Crippen LogP contribution is 2.38. The quantitative estimate of drug-likeness (QED) is 0.758. The molecule has 0 amide bonds. The molecule has 0 saturated carbocycles. The second-order valence-corrected chi connectivity index (χ2v) is 4.06. The van der Waals surface area contributed by atoms with Gasteiger partial charge in [-0.2, -0.15) is 26.3 Å². The molecule has 0 radical (unpaired) electrons. The van der Waals surface area contributed by atoms with Gasteiger partial charge in [-0.05, 0) is 19.1 Å². The average molecular weight is 296 g/mol. The first-order chi connectivity index (χ1) is 9.00. The van der Waals surface area contributed by atoms with Crippen LogP contribution in [0, 0.1) is 6.92 Å². The van der Waals surface area contributed by atoms with Crippen LogP contribution in [0.2, 0.25) is 0 Å². The maximum Gasteiger partial charge on any atom is 0.417 e. The van der Waals surface area contributed by atoms with Crippen molar-refractivity contribution >= 4 is 10.9 Å². The van der Waals surface area contributed by atoms with Gasteiger partial charge in [-0.3, -0.25) is 4.79 Å². The van der Waals surface area contributed by atoms with Crippen molar-refractivity contribution in [2.75, 3.05) is 0 Å². The molecule has 3 nitrogen and oxygen atoms in total. The number of hydrogen-bond acceptors (Lipinski definition) is 2. The molecule has 0 aliphatic heterocycles. The topological polar surface area (TPSA) is 45.8 Å². The Balaban J connectivity index is 2.97. The van der Waals surface area contributed by atoms with E-state index in [1.807, 2.05) is 4.98 Å². The Morgan fingerprint density at radius 2 is 1.65 bits per heavy atom. The van der Waals surface area contributed by atoms with Crippen LogP contribution in [0.4, 0.5) is 26.3 Å². The predicted molar refractivity (Wildman–Crippen MR) is 57.1 cm³/mol. The minimum atomic E-state index is -5.09. The molecule has 0 saturated heterocycles. The third-order valence-corrected chi connectivity index (χ3v) is 2.56. The summed E-state index contributed by atoms with van der Waals surface area (Å²) in [6.45, 7) is 1.26. The third-order valence-electron chi connectivity index (χ3n) is 2.56. The Morgan fingerprint density at radius 1 is 1.05 bits per heavy atom. The van der Waals surface area contributed by atoms with E-state index in [0.717, 1.165) is 0 Å². The summed E-state index contributed by atoms with van der Waals surface area (Å²) in [4.78, 5) is 17.1. The highest BCUT2D eigenvalue weighted by atomic mass is 19.4. The van der Waals surface area contributed by atoms with Gasteiger partial charge in [-0.25, -0.2) is 4.98 Å². The van der Waals surface area contributed by atoms with Crippen LogP contribution in [-0.4, -0.2) is 9.97 Å². The summed E-state index contributed by atoms with van der Waals surface area (Å²) < 4.78 is 76.3. The number of alkyl halides is 6. The molecule has 0 aliphatic carbocycles. The Hall–Kier alpha value is -2.06. The van der Waals surface area contributed by atoms with Crippen molar-refractivity contribution in [3.8, 4) is 0 Å². The summed E-state index contributed by atoms with van der Waals surface area (Å²) in [6.07, 6.45) is -10.1. The van der Waals surface area contributed by atoms with Gasteiger partial charge in [0.05, 0.1) is 22.0 Å². The molecule has 0 fully saturated rings. The molecule has 1 heterocycles. The van der Waals surface area contributed by atoms with Crippen molar-refractivity contribution < 1.29 is 26.3 Å². The standard InChI is InChI=1S/C11H6F6N2O/c1-4-18-7-3-5(10(12,13)14)2-6(11(15,16)17)8(7)9(20)19-4/h2-3H,1H3,(H,18,19,20). The van der Waals surface area contributed by atoms with Gasteiger partial charge in [0, 0.05) is 0 Å². The zero-order chi connectivity index (χ0) is 15.3. The van der Waals surface area contributed by atoms with Crippen molar-refractivity contribution in [3.05, 3.63) is 39.4 Å². The first kappa shape index (κ1) is 14.4. The van der Waals surface area contributed by atoms with Gasteiger partial charge in [0.15, 0.2) is 0 Å². The number of rotatable bonds is 0. The molecule has 1 aromatic carbocycles. The zero-order valence-corrected chi connectivity index (χ0v) is 9.78. The fraction of sp³-hybridized carbons (Fsp3) is 0.273. The summed E-state index contributed by atoms with van der Waals surface area (Å²) in [5.41, 5.74) is -4.94. The largest absolute Gasteiger partial charge is 0.417 e. The Bertz CT molecular complexity index is 728. The zero-order valence-electron chi connectivity index (χ0n) is 9.78. The van der Waals surface area contributed by atoms with E-state index >= 15 is 0 Å². The third kappa shape index (κ3) is 2.47. The SMILES string of the molecule is Cc1nc2cc(C(F)(F)F)cc(C(F)(F)F)c2c(=O)[nH]1. The van der Waals surface area contributed by atoms with Gasteiger partial charge in [-0.15, -0.1) is 0 Å². The molecule has 9 heteroatoms. The lowest BCUT2D eigenvalue weighted by Crippen LogP contribution is -2.18. The van der Waals surface area contributed by atoms with E-state index < -0.39 is 39.9 Å². The molecule has 108 valence electrons. The average Bonchev–Trinajstić information content (AvgIpc) is 2.24. The summed E-state index contributed by atoms with van der Waals surface area (Å²) in [6, 6.07) is 0.335.